The molecule has 1 unspecified atom stereocenters. The lowest BCUT2D eigenvalue weighted by atomic mass is 10.1. The van der Waals surface area contributed by atoms with Crippen LogP contribution in [0.15, 0.2) is 29.3 Å². The molecular weight excluding hydrogens is 287 g/mol. The van der Waals surface area contributed by atoms with Crippen molar-refractivity contribution in [2.24, 2.45) is 4.99 Å². The standard InChI is InChI=1S/C13H16F3N3O2/c1-19-7-6-17-12(19)18-8-11(20)9-2-4-10(5-3-9)21-13(14,15)16/h2-5,11,20H,6-8H2,1H3,(H,17,18). The molecule has 0 fully saturated rings. The summed E-state index contributed by atoms with van der Waals surface area (Å²) >= 11 is 0. The quantitative estimate of drug-likeness (QED) is 0.885. The molecule has 1 aliphatic rings. The molecule has 2 rings (SSSR count). The Kier molecular flexibility index (Phi) is 4.56. The molecule has 116 valence electrons. The fourth-order valence-electron chi connectivity index (χ4n) is 1.92. The van der Waals surface area contributed by atoms with E-state index in [-0.39, 0.29) is 12.3 Å². The second-order valence-electron chi connectivity index (χ2n) is 4.64. The fourth-order valence-corrected chi connectivity index (χ4v) is 1.92. The predicted octanol–water partition coefficient (Wildman–Crippen LogP) is 1.51. The zero-order chi connectivity index (χ0) is 15.5. The van der Waals surface area contributed by atoms with E-state index in [4.69, 9.17) is 0 Å². The van der Waals surface area contributed by atoms with Gasteiger partial charge in [-0.3, -0.25) is 4.99 Å². The summed E-state index contributed by atoms with van der Waals surface area (Å²) in [7, 11) is 1.88. The summed E-state index contributed by atoms with van der Waals surface area (Å²) < 4.78 is 39.9. The summed E-state index contributed by atoms with van der Waals surface area (Å²) in [5.41, 5.74) is 0.498. The molecule has 0 amide bonds. The van der Waals surface area contributed by atoms with Crippen LogP contribution in [0.2, 0.25) is 0 Å². The first-order chi connectivity index (χ1) is 9.85. The highest BCUT2D eigenvalue weighted by Gasteiger charge is 2.31. The van der Waals surface area contributed by atoms with Crippen LogP contribution in [-0.2, 0) is 0 Å². The number of guanidine groups is 1. The molecule has 1 aliphatic heterocycles. The van der Waals surface area contributed by atoms with Gasteiger partial charge in [-0.1, -0.05) is 12.1 Å². The second kappa shape index (κ2) is 6.21. The highest BCUT2D eigenvalue weighted by atomic mass is 19.4. The summed E-state index contributed by atoms with van der Waals surface area (Å²) in [6, 6.07) is 5.14. The molecule has 21 heavy (non-hydrogen) atoms. The van der Waals surface area contributed by atoms with Crippen LogP contribution in [0.25, 0.3) is 0 Å². The van der Waals surface area contributed by atoms with Gasteiger partial charge in [-0.15, -0.1) is 13.2 Å². The van der Waals surface area contributed by atoms with Gasteiger partial charge in [0.05, 0.1) is 12.6 Å². The number of alkyl halides is 3. The first-order valence-corrected chi connectivity index (χ1v) is 6.38. The molecule has 0 spiro atoms. The van der Waals surface area contributed by atoms with Gasteiger partial charge in [-0.05, 0) is 17.7 Å². The number of ether oxygens (including phenoxy) is 1. The minimum absolute atomic E-state index is 0.225. The number of aliphatic hydroxyl groups excluding tert-OH is 1. The van der Waals surface area contributed by atoms with Crippen molar-refractivity contribution in [3.63, 3.8) is 0 Å². The van der Waals surface area contributed by atoms with Gasteiger partial charge in [0.15, 0.2) is 5.96 Å². The number of likely N-dealkylation sites (N-methyl/N-ethyl adjacent to an activating group) is 1. The van der Waals surface area contributed by atoms with Crippen molar-refractivity contribution in [3.8, 4) is 5.75 Å². The van der Waals surface area contributed by atoms with E-state index in [0.717, 1.165) is 6.54 Å². The number of benzene rings is 1. The van der Waals surface area contributed by atoms with E-state index in [1.54, 1.807) is 0 Å². The Labute approximate surface area is 120 Å². The Morgan fingerprint density at radius 2 is 2.05 bits per heavy atom. The molecule has 0 aromatic heterocycles. The van der Waals surface area contributed by atoms with E-state index < -0.39 is 12.5 Å². The predicted molar refractivity (Wildman–Crippen MR) is 71.0 cm³/mol. The molecule has 2 N–H and O–H groups in total. The average molecular weight is 303 g/mol. The van der Waals surface area contributed by atoms with Crippen molar-refractivity contribution in [1.82, 2.24) is 10.2 Å². The highest BCUT2D eigenvalue weighted by Crippen LogP contribution is 2.24. The van der Waals surface area contributed by atoms with Crippen molar-refractivity contribution in [1.29, 1.82) is 0 Å². The Morgan fingerprint density at radius 1 is 1.38 bits per heavy atom. The summed E-state index contributed by atoms with van der Waals surface area (Å²) in [4.78, 5) is 6.14. The maximum absolute atomic E-state index is 12.0. The van der Waals surface area contributed by atoms with E-state index in [1.807, 2.05) is 11.9 Å². The second-order valence-corrected chi connectivity index (χ2v) is 4.64. The minimum atomic E-state index is -4.72. The van der Waals surface area contributed by atoms with Gasteiger partial charge in [0.1, 0.15) is 5.75 Å². The topological polar surface area (TPSA) is 57.1 Å². The lowest BCUT2D eigenvalue weighted by Gasteiger charge is -2.18. The van der Waals surface area contributed by atoms with Crippen LogP contribution in [0.4, 0.5) is 13.2 Å². The van der Waals surface area contributed by atoms with Gasteiger partial charge < -0.3 is 20.1 Å². The number of aliphatic hydroxyl groups is 1. The van der Waals surface area contributed by atoms with Gasteiger partial charge in [0, 0.05) is 20.1 Å². The minimum Gasteiger partial charge on any atom is -0.406 e. The lowest BCUT2D eigenvalue weighted by Crippen LogP contribution is -2.37. The van der Waals surface area contributed by atoms with Gasteiger partial charge >= 0.3 is 6.36 Å². The third kappa shape index (κ3) is 4.52. The Morgan fingerprint density at radius 3 is 2.57 bits per heavy atom. The van der Waals surface area contributed by atoms with Gasteiger partial charge in [0.25, 0.3) is 0 Å². The summed E-state index contributed by atoms with van der Waals surface area (Å²) in [5.74, 6) is 0.386. The maximum Gasteiger partial charge on any atom is 0.573 e. The smallest absolute Gasteiger partial charge is 0.406 e. The monoisotopic (exact) mass is 303 g/mol. The van der Waals surface area contributed by atoms with Crippen LogP contribution in [0, 0.1) is 0 Å². The molecule has 1 atom stereocenters. The highest BCUT2D eigenvalue weighted by molar-refractivity contribution is 5.81. The third-order valence-electron chi connectivity index (χ3n) is 3.01. The average Bonchev–Trinajstić information content (AvgIpc) is 2.80. The van der Waals surface area contributed by atoms with E-state index >= 15 is 0 Å². The molecular formula is C13H16F3N3O2. The van der Waals surface area contributed by atoms with Crippen LogP contribution >= 0.6 is 0 Å². The van der Waals surface area contributed by atoms with Crippen molar-refractivity contribution >= 4 is 5.96 Å². The van der Waals surface area contributed by atoms with Crippen molar-refractivity contribution in [2.75, 3.05) is 26.7 Å². The molecule has 0 bridgehead atoms. The van der Waals surface area contributed by atoms with E-state index in [2.05, 4.69) is 15.0 Å². The molecule has 0 aliphatic carbocycles. The van der Waals surface area contributed by atoms with Crippen LogP contribution < -0.4 is 10.1 Å². The van der Waals surface area contributed by atoms with Gasteiger partial charge in [0.2, 0.25) is 0 Å². The van der Waals surface area contributed by atoms with Crippen LogP contribution in [0.5, 0.6) is 5.75 Å². The van der Waals surface area contributed by atoms with E-state index in [0.29, 0.717) is 18.1 Å². The number of nitrogens with zero attached hydrogens (tertiary/aromatic N) is 2. The first kappa shape index (κ1) is 15.4. The molecule has 0 saturated heterocycles. The van der Waals surface area contributed by atoms with Crippen LogP contribution in [0.1, 0.15) is 11.7 Å². The van der Waals surface area contributed by atoms with Crippen molar-refractivity contribution in [2.45, 2.75) is 12.5 Å². The van der Waals surface area contributed by atoms with E-state index in [9.17, 15) is 18.3 Å². The Hall–Kier alpha value is -1.96. The van der Waals surface area contributed by atoms with Crippen molar-refractivity contribution in [3.05, 3.63) is 29.8 Å². The fraction of sp³-hybridized carbons (Fsp3) is 0.462. The first-order valence-electron chi connectivity index (χ1n) is 6.38. The number of aliphatic imine (C=N–C) groups is 1. The number of hydrogen-bond donors (Lipinski definition) is 2. The Balaban J connectivity index is 1.89. The largest absolute Gasteiger partial charge is 0.573 e. The van der Waals surface area contributed by atoms with Gasteiger partial charge in [-0.25, -0.2) is 0 Å². The molecule has 1 heterocycles. The Bertz CT molecular complexity index is 502. The molecule has 1 aromatic carbocycles. The number of nitrogens with one attached hydrogen (secondary N) is 1. The van der Waals surface area contributed by atoms with E-state index in [1.165, 1.54) is 24.3 Å². The zero-order valence-electron chi connectivity index (χ0n) is 11.4. The summed E-state index contributed by atoms with van der Waals surface area (Å²) in [5, 5.41) is 13.0. The van der Waals surface area contributed by atoms with Crippen molar-refractivity contribution < 1.29 is 23.0 Å². The molecule has 0 saturated carbocycles. The maximum atomic E-state index is 12.0. The molecule has 0 radical (unpaired) electrons. The number of rotatable bonds is 4. The molecule has 5 nitrogen and oxygen atoms in total. The third-order valence-corrected chi connectivity index (χ3v) is 3.01. The van der Waals surface area contributed by atoms with Gasteiger partial charge in [-0.2, -0.15) is 0 Å². The van der Waals surface area contributed by atoms with Crippen LogP contribution in [-0.4, -0.2) is 49.0 Å². The normalized spacial score (nSPS) is 16.6. The SMILES string of the molecule is CN1CCN=C1NCC(O)c1ccc(OC(F)(F)F)cc1. The number of hydrogen-bond acceptors (Lipinski definition) is 5. The molecule has 8 heteroatoms. The van der Waals surface area contributed by atoms with Crippen LogP contribution in [0.3, 0.4) is 0 Å². The summed E-state index contributed by atoms with van der Waals surface area (Å²) in [6.45, 7) is 1.75. The lowest BCUT2D eigenvalue weighted by molar-refractivity contribution is -0.274. The molecule has 1 aromatic rings. The number of halogens is 3. The zero-order valence-corrected chi connectivity index (χ0v) is 11.4. The summed E-state index contributed by atoms with van der Waals surface area (Å²) in [6.07, 6.45) is -5.56.